The van der Waals surface area contributed by atoms with E-state index in [4.69, 9.17) is 0 Å². The normalized spacial score (nSPS) is 11.6. The molecule has 4 nitrogen and oxygen atoms in total. The average molecular weight is 424 g/mol. The van der Waals surface area contributed by atoms with Crippen molar-refractivity contribution in [3.63, 3.8) is 0 Å². The van der Waals surface area contributed by atoms with Gasteiger partial charge in [0.25, 0.3) is 0 Å². The lowest BCUT2D eigenvalue weighted by Gasteiger charge is -1.99. The van der Waals surface area contributed by atoms with Crippen LogP contribution in [0.5, 0.6) is 0 Å². The zero-order valence-corrected chi connectivity index (χ0v) is 11.8. The summed E-state index contributed by atoms with van der Waals surface area (Å²) < 4.78 is 23.2. The Hall–Kier alpha value is 0.490. The monoisotopic (exact) mass is 424 g/mol. The van der Waals surface area contributed by atoms with E-state index >= 15 is 0 Å². The second-order valence-corrected chi connectivity index (χ2v) is 6.73. The fraction of sp³-hybridized carbons (Fsp3) is 0.333. The third-order valence-corrected chi connectivity index (χ3v) is 2.99. The van der Waals surface area contributed by atoms with E-state index in [-0.39, 0.29) is 5.75 Å². The first-order valence-corrected chi connectivity index (χ1v) is 7.45. The van der Waals surface area contributed by atoms with Crippen molar-refractivity contribution >= 4 is 55.0 Å². The second kappa shape index (κ2) is 4.34. The van der Waals surface area contributed by atoms with Gasteiger partial charge in [-0.05, 0) is 28.7 Å². The highest BCUT2D eigenvalue weighted by atomic mass is 127. The molecule has 72 valence electrons. The number of hydrogen-bond acceptors (Lipinski definition) is 4. The smallest absolute Gasteiger partial charge is 0.191 e. The maximum atomic E-state index is 11.0. The van der Waals surface area contributed by atoms with Crippen molar-refractivity contribution in [2.75, 3.05) is 6.26 Å². The van der Waals surface area contributed by atoms with E-state index in [0.29, 0.717) is 9.53 Å². The van der Waals surface area contributed by atoms with Crippen LogP contribution in [-0.4, -0.2) is 24.6 Å². The Morgan fingerprint density at radius 3 is 2.46 bits per heavy atom. The van der Waals surface area contributed by atoms with Crippen LogP contribution in [0.1, 0.15) is 5.69 Å². The molecule has 0 saturated carbocycles. The van der Waals surface area contributed by atoms with E-state index in [9.17, 15) is 8.42 Å². The first-order valence-electron chi connectivity index (χ1n) is 3.23. The van der Waals surface area contributed by atoms with Crippen molar-refractivity contribution in [1.29, 1.82) is 0 Å². The third-order valence-electron chi connectivity index (χ3n) is 1.13. The molecule has 0 atom stereocenters. The highest BCUT2D eigenvalue weighted by molar-refractivity contribution is 14.1. The molecule has 13 heavy (non-hydrogen) atoms. The maximum Gasteiger partial charge on any atom is 0.191 e. The molecule has 0 N–H and O–H groups in total. The molecule has 0 amide bonds. The van der Waals surface area contributed by atoms with Gasteiger partial charge in [-0.1, -0.05) is 0 Å². The molecule has 7 heteroatoms. The summed E-state index contributed by atoms with van der Waals surface area (Å²) >= 11 is 3.99. The van der Waals surface area contributed by atoms with Crippen LogP contribution in [0.4, 0.5) is 0 Å². The van der Waals surface area contributed by atoms with Gasteiger partial charge in [0.05, 0.1) is 11.4 Å². The summed E-state index contributed by atoms with van der Waals surface area (Å²) in [7, 11) is -3.01. The number of halogens is 2. The van der Waals surface area contributed by atoms with E-state index in [0.717, 1.165) is 3.70 Å². The molecule has 1 aromatic rings. The minimum atomic E-state index is -3.01. The minimum Gasteiger partial charge on any atom is -0.229 e. The zero-order chi connectivity index (χ0) is 10.1. The molecule has 1 heterocycles. The summed E-state index contributed by atoms with van der Waals surface area (Å²) in [5.41, 5.74) is 0.548. The quantitative estimate of drug-likeness (QED) is 0.408. The number of rotatable bonds is 2. The molecule has 0 fully saturated rings. The van der Waals surface area contributed by atoms with E-state index in [1.807, 2.05) is 45.2 Å². The maximum absolute atomic E-state index is 11.0. The van der Waals surface area contributed by atoms with Gasteiger partial charge in [-0.25, -0.2) is 18.4 Å². The summed E-state index contributed by atoms with van der Waals surface area (Å²) in [6.07, 6.45) is 1.19. The van der Waals surface area contributed by atoms with E-state index in [1.54, 1.807) is 6.07 Å². The van der Waals surface area contributed by atoms with Crippen LogP contribution in [0.15, 0.2) is 6.07 Å². The van der Waals surface area contributed by atoms with Gasteiger partial charge in [0.2, 0.25) is 0 Å². The van der Waals surface area contributed by atoms with Crippen molar-refractivity contribution < 1.29 is 8.42 Å². The summed E-state index contributed by atoms with van der Waals surface area (Å²) in [6.45, 7) is 0. The fourth-order valence-electron chi connectivity index (χ4n) is 0.776. The molecule has 0 aliphatic carbocycles. The zero-order valence-electron chi connectivity index (χ0n) is 6.66. The van der Waals surface area contributed by atoms with Crippen LogP contribution in [0.3, 0.4) is 0 Å². The fourth-order valence-corrected chi connectivity index (χ4v) is 3.08. The highest BCUT2D eigenvalue weighted by Crippen LogP contribution is 2.08. The van der Waals surface area contributed by atoms with E-state index in [1.165, 1.54) is 6.26 Å². The Labute approximate surface area is 104 Å². The largest absolute Gasteiger partial charge is 0.229 e. The van der Waals surface area contributed by atoms with Crippen LogP contribution in [0.25, 0.3) is 0 Å². The molecular weight excluding hydrogens is 418 g/mol. The summed E-state index contributed by atoms with van der Waals surface area (Å²) in [6, 6.07) is 1.67. The Kier molecular flexibility index (Phi) is 3.86. The first kappa shape index (κ1) is 11.6. The highest BCUT2D eigenvalue weighted by Gasteiger charge is 2.07. The molecule has 0 unspecified atom stereocenters. The van der Waals surface area contributed by atoms with Crippen LogP contribution < -0.4 is 0 Å². The van der Waals surface area contributed by atoms with Crippen molar-refractivity contribution in [2.24, 2.45) is 0 Å². The van der Waals surface area contributed by atoms with Crippen molar-refractivity contribution in [1.82, 2.24) is 9.97 Å². The lowest BCUT2D eigenvalue weighted by atomic mass is 10.5. The van der Waals surface area contributed by atoms with Crippen molar-refractivity contribution in [3.05, 3.63) is 19.3 Å². The van der Waals surface area contributed by atoms with Gasteiger partial charge in [-0.2, -0.15) is 0 Å². The SMILES string of the molecule is CS(=O)(=O)Cc1cc(I)nc(I)n1. The van der Waals surface area contributed by atoms with Gasteiger partial charge in [0.15, 0.2) is 13.7 Å². The Morgan fingerprint density at radius 1 is 1.38 bits per heavy atom. The Bertz CT molecular complexity index is 398. The lowest BCUT2D eigenvalue weighted by molar-refractivity contribution is 0.600. The number of hydrogen-bond donors (Lipinski definition) is 0. The van der Waals surface area contributed by atoms with Gasteiger partial charge in [-0.3, -0.25) is 0 Å². The third kappa shape index (κ3) is 4.49. The predicted molar refractivity (Wildman–Crippen MR) is 66.0 cm³/mol. The van der Waals surface area contributed by atoms with Crippen molar-refractivity contribution in [2.45, 2.75) is 5.75 Å². The second-order valence-electron chi connectivity index (χ2n) is 2.52. The molecule has 0 saturated heterocycles. The molecule has 0 aliphatic rings. The Balaban J connectivity index is 3.03. The first-order chi connectivity index (χ1) is 5.87. The van der Waals surface area contributed by atoms with Crippen LogP contribution >= 0.6 is 45.2 Å². The number of sulfone groups is 1. The summed E-state index contributed by atoms with van der Waals surface area (Å²) in [5.74, 6) is -0.0263. The summed E-state index contributed by atoms with van der Waals surface area (Å²) in [5, 5.41) is 0. The van der Waals surface area contributed by atoms with Crippen LogP contribution in [0.2, 0.25) is 0 Å². The van der Waals surface area contributed by atoms with Gasteiger partial charge >= 0.3 is 0 Å². The average Bonchev–Trinajstić information content (AvgIpc) is 1.78. The van der Waals surface area contributed by atoms with Gasteiger partial charge in [0.1, 0.15) is 3.70 Å². The topological polar surface area (TPSA) is 59.9 Å². The van der Waals surface area contributed by atoms with Crippen LogP contribution in [0, 0.1) is 7.53 Å². The molecule has 0 aromatic carbocycles. The summed E-state index contributed by atoms with van der Waals surface area (Å²) in [4.78, 5) is 8.04. The van der Waals surface area contributed by atoms with Gasteiger partial charge in [0, 0.05) is 28.8 Å². The Morgan fingerprint density at radius 2 is 2.00 bits per heavy atom. The molecular formula is C6H6I2N2O2S. The molecule has 0 spiro atoms. The number of nitrogens with zero attached hydrogens (tertiary/aromatic N) is 2. The van der Waals surface area contributed by atoms with E-state index < -0.39 is 9.84 Å². The van der Waals surface area contributed by atoms with Crippen molar-refractivity contribution in [3.8, 4) is 0 Å². The molecule has 1 rings (SSSR count). The standard InChI is InChI=1S/C6H6I2N2O2S/c1-13(11,12)3-4-2-5(7)10-6(8)9-4/h2H,3H2,1H3. The van der Waals surface area contributed by atoms with Gasteiger partial charge in [-0.15, -0.1) is 0 Å². The van der Waals surface area contributed by atoms with E-state index in [2.05, 4.69) is 9.97 Å². The minimum absolute atomic E-state index is 0.0263. The molecule has 0 radical (unpaired) electrons. The van der Waals surface area contributed by atoms with Gasteiger partial charge < -0.3 is 0 Å². The molecule has 0 aliphatic heterocycles. The lowest BCUT2D eigenvalue weighted by Crippen LogP contribution is -2.05. The molecule has 0 bridgehead atoms. The molecule has 1 aromatic heterocycles. The number of aromatic nitrogens is 2. The predicted octanol–water partition coefficient (Wildman–Crippen LogP) is 1.23. The van der Waals surface area contributed by atoms with Crippen LogP contribution in [-0.2, 0) is 15.6 Å².